The van der Waals surface area contributed by atoms with Gasteiger partial charge in [-0.2, -0.15) is 0 Å². The Kier molecular flexibility index (Phi) is 4.22. The molecule has 0 bridgehead atoms. The van der Waals surface area contributed by atoms with Crippen LogP contribution in [0.2, 0.25) is 6.32 Å². The highest BCUT2D eigenvalue weighted by Crippen LogP contribution is 1.81. The van der Waals surface area contributed by atoms with Gasteiger partial charge in [-0.3, -0.25) is 0 Å². The van der Waals surface area contributed by atoms with Crippen LogP contribution in [-0.4, -0.2) is 26.9 Å². The highest BCUT2D eigenvalue weighted by molar-refractivity contribution is 6.21. The molecule has 0 saturated carbocycles. The molecule has 0 aromatic heterocycles. The number of aliphatic imine (C=N–C) groups is 1. The van der Waals surface area contributed by atoms with Gasteiger partial charge in [0.2, 0.25) is 0 Å². The van der Waals surface area contributed by atoms with Gasteiger partial charge >= 0.3 is 0 Å². The predicted octanol–water partition coefficient (Wildman–Crippen LogP) is -0.302. The zero-order valence-electron chi connectivity index (χ0n) is 5.35. The molecule has 8 heavy (non-hydrogen) atoms. The van der Waals surface area contributed by atoms with E-state index in [1.54, 1.807) is 13.3 Å². The molecular formula is C5H10BNO. The Labute approximate surface area is 50.4 Å². The molecule has 0 N–H and O–H groups in total. The molecule has 0 spiro atoms. The summed E-state index contributed by atoms with van der Waals surface area (Å²) in [6.07, 6.45) is 2.74. The SMILES string of the molecule is BCC(=O)C/C=N/C. The van der Waals surface area contributed by atoms with Crippen molar-refractivity contribution in [2.75, 3.05) is 7.05 Å². The third kappa shape index (κ3) is 3.59. The van der Waals surface area contributed by atoms with Gasteiger partial charge in [0.05, 0.1) is 0 Å². The number of rotatable bonds is 3. The maximum atomic E-state index is 10.5. The Bertz CT molecular complexity index is 101. The molecule has 0 fully saturated rings. The molecule has 0 unspecified atom stereocenters. The van der Waals surface area contributed by atoms with Gasteiger partial charge in [0.25, 0.3) is 0 Å². The molecule has 44 valence electrons. The first-order valence-corrected chi connectivity index (χ1v) is 2.73. The van der Waals surface area contributed by atoms with Crippen LogP contribution in [0.25, 0.3) is 0 Å². The Balaban J connectivity index is 3.25. The lowest BCUT2D eigenvalue weighted by atomic mass is 9.99. The zero-order chi connectivity index (χ0) is 6.41. The van der Waals surface area contributed by atoms with E-state index in [9.17, 15) is 4.79 Å². The van der Waals surface area contributed by atoms with Crippen LogP contribution >= 0.6 is 0 Å². The minimum atomic E-state index is 0.246. The number of hydrogen-bond donors (Lipinski definition) is 0. The quantitative estimate of drug-likeness (QED) is 0.363. The van der Waals surface area contributed by atoms with Gasteiger partial charge in [-0.15, -0.1) is 0 Å². The van der Waals surface area contributed by atoms with Crippen LogP contribution in [0.5, 0.6) is 0 Å². The normalized spacial score (nSPS) is 10.1. The number of carbonyl (C=O) groups excluding carboxylic acids is 1. The molecule has 0 aliphatic carbocycles. The average Bonchev–Trinajstić information content (AvgIpc) is 1.83. The Morgan fingerprint density at radius 1 is 1.88 bits per heavy atom. The van der Waals surface area contributed by atoms with Gasteiger partial charge in [0.15, 0.2) is 0 Å². The number of Topliss-reactive ketones (excluding diaryl/α,β-unsaturated/α-hetero) is 1. The number of ketones is 1. The van der Waals surface area contributed by atoms with Crippen LogP contribution < -0.4 is 0 Å². The minimum Gasteiger partial charge on any atom is -0.300 e. The van der Waals surface area contributed by atoms with E-state index in [0.29, 0.717) is 12.7 Å². The third-order valence-electron chi connectivity index (χ3n) is 0.896. The summed E-state index contributed by atoms with van der Waals surface area (Å²) in [4.78, 5) is 14.2. The fourth-order valence-electron chi connectivity index (χ4n) is 0.337. The second-order valence-electron chi connectivity index (χ2n) is 1.54. The van der Waals surface area contributed by atoms with Crippen molar-refractivity contribution in [1.82, 2.24) is 0 Å². The van der Waals surface area contributed by atoms with Crippen molar-refractivity contribution in [1.29, 1.82) is 0 Å². The molecule has 0 aliphatic heterocycles. The minimum absolute atomic E-state index is 0.246. The van der Waals surface area contributed by atoms with Crippen molar-refractivity contribution < 1.29 is 4.79 Å². The van der Waals surface area contributed by atoms with Crippen molar-refractivity contribution in [3.8, 4) is 0 Å². The maximum Gasteiger partial charge on any atom is 0.130 e. The molecule has 0 saturated heterocycles. The van der Waals surface area contributed by atoms with E-state index < -0.39 is 0 Å². The highest BCUT2D eigenvalue weighted by atomic mass is 16.1. The fraction of sp³-hybridized carbons (Fsp3) is 0.600. The Hall–Kier alpha value is -0.595. The van der Waals surface area contributed by atoms with Crippen molar-refractivity contribution >= 4 is 19.8 Å². The van der Waals surface area contributed by atoms with Gasteiger partial charge in [0.1, 0.15) is 13.6 Å². The lowest BCUT2D eigenvalue weighted by Crippen LogP contribution is -1.95. The first-order chi connectivity index (χ1) is 3.81. The van der Waals surface area contributed by atoms with Crippen molar-refractivity contribution in [3.63, 3.8) is 0 Å². The second-order valence-corrected chi connectivity index (χ2v) is 1.54. The monoisotopic (exact) mass is 111 g/mol. The highest BCUT2D eigenvalue weighted by Gasteiger charge is 1.90. The maximum absolute atomic E-state index is 10.5. The molecule has 0 heterocycles. The first-order valence-electron chi connectivity index (χ1n) is 2.73. The molecule has 3 heteroatoms. The number of carbonyl (C=O) groups is 1. The molecule has 0 amide bonds. The van der Waals surface area contributed by atoms with Crippen LogP contribution in [0, 0.1) is 0 Å². The van der Waals surface area contributed by atoms with E-state index in [0.717, 1.165) is 0 Å². The van der Waals surface area contributed by atoms with Crippen molar-refractivity contribution in [3.05, 3.63) is 0 Å². The predicted molar refractivity (Wildman–Crippen MR) is 37.4 cm³/mol. The van der Waals surface area contributed by atoms with Crippen LogP contribution in [0.1, 0.15) is 6.42 Å². The van der Waals surface area contributed by atoms with E-state index in [1.165, 1.54) is 0 Å². The van der Waals surface area contributed by atoms with Gasteiger partial charge < -0.3 is 9.79 Å². The Morgan fingerprint density at radius 2 is 2.50 bits per heavy atom. The lowest BCUT2D eigenvalue weighted by molar-refractivity contribution is -0.115. The van der Waals surface area contributed by atoms with Gasteiger partial charge in [-0.05, 0) is 6.32 Å². The van der Waals surface area contributed by atoms with E-state index >= 15 is 0 Å². The fourth-order valence-corrected chi connectivity index (χ4v) is 0.337. The average molecular weight is 111 g/mol. The van der Waals surface area contributed by atoms with Gasteiger partial charge in [-0.25, -0.2) is 0 Å². The standard InChI is InChI=1S/C5H10BNO/c1-7-3-2-5(8)4-6/h3H,2,4,6H2,1H3/b7-3+. The summed E-state index contributed by atoms with van der Waals surface area (Å²) in [5, 5.41) is 0. The molecular weight excluding hydrogens is 101 g/mol. The van der Waals surface area contributed by atoms with Crippen LogP contribution in [-0.2, 0) is 4.79 Å². The summed E-state index contributed by atoms with van der Waals surface area (Å²) in [5.41, 5.74) is 0. The van der Waals surface area contributed by atoms with Crippen molar-refractivity contribution in [2.45, 2.75) is 12.7 Å². The van der Waals surface area contributed by atoms with Gasteiger partial charge in [0, 0.05) is 19.7 Å². The van der Waals surface area contributed by atoms with Crippen molar-refractivity contribution in [2.24, 2.45) is 4.99 Å². The smallest absolute Gasteiger partial charge is 0.130 e. The van der Waals surface area contributed by atoms with E-state index in [2.05, 4.69) is 4.99 Å². The topological polar surface area (TPSA) is 29.4 Å². The van der Waals surface area contributed by atoms with E-state index in [1.807, 2.05) is 7.85 Å². The third-order valence-corrected chi connectivity index (χ3v) is 0.896. The van der Waals surface area contributed by atoms with E-state index in [-0.39, 0.29) is 5.78 Å². The summed E-state index contributed by atoms with van der Waals surface area (Å²) in [5.74, 6) is 0.246. The largest absolute Gasteiger partial charge is 0.300 e. The zero-order valence-corrected chi connectivity index (χ0v) is 5.35. The Morgan fingerprint density at radius 3 is 2.88 bits per heavy atom. The summed E-state index contributed by atoms with van der Waals surface area (Å²) >= 11 is 0. The molecule has 0 aromatic rings. The van der Waals surface area contributed by atoms with E-state index in [4.69, 9.17) is 0 Å². The number of nitrogens with zero attached hydrogens (tertiary/aromatic N) is 1. The molecule has 2 nitrogen and oxygen atoms in total. The summed E-state index contributed by atoms with van der Waals surface area (Å²) in [7, 11) is 3.52. The second kappa shape index (κ2) is 4.56. The first kappa shape index (κ1) is 7.40. The molecule has 0 rings (SSSR count). The van der Waals surface area contributed by atoms with Gasteiger partial charge in [-0.1, -0.05) is 0 Å². The summed E-state index contributed by atoms with van der Waals surface area (Å²) in [6, 6.07) is 0. The molecule has 0 radical (unpaired) electrons. The molecule has 0 atom stereocenters. The summed E-state index contributed by atoms with van der Waals surface area (Å²) in [6.45, 7) is 0. The van der Waals surface area contributed by atoms with Crippen LogP contribution in [0.3, 0.4) is 0 Å². The number of hydrogen-bond acceptors (Lipinski definition) is 2. The van der Waals surface area contributed by atoms with Crippen LogP contribution in [0.4, 0.5) is 0 Å². The molecule has 0 aliphatic rings. The van der Waals surface area contributed by atoms with Crippen LogP contribution in [0.15, 0.2) is 4.99 Å². The summed E-state index contributed by atoms with van der Waals surface area (Å²) < 4.78 is 0. The molecule has 0 aromatic carbocycles. The lowest BCUT2D eigenvalue weighted by Gasteiger charge is -1.84.